The van der Waals surface area contributed by atoms with Crippen molar-refractivity contribution >= 4 is 40.0 Å². The number of carbonyl (C=O) groups excluding carboxylic acids is 1. The molecule has 138 valence electrons. The molecular formula is C20H18ClN3O2S. The van der Waals surface area contributed by atoms with Crippen molar-refractivity contribution in [3.05, 3.63) is 75.7 Å². The number of ether oxygens (including phenoxy) is 1. The highest BCUT2D eigenvalue weighted by molar-refractivity contribution is 7.15. The minimum atomic E-state index is -0.270. The van der Waals surface area contributed by atoms with Gasteiger partial charge in [-0.25, -0.2) is 0 Å². The summed E-state index contributed by atoms with van der Waals surface area (Å²) in [5.74, 6) is 0.534. The van der Waals surface area contributed by atoms with E-state index in [2.05, 4.69) is 15.5 Å². The Morgan fingerprint density at radius 3 is 2.52 bits per heavy atom. The van der Waals surface area contributed by atoms with E-state index < -0.39 is 0 Å². The third-order valence-corrected chi connectivity index (χ3v) is 4.96. The van der Waals surface area contributed by atoms with Crippen LogP contribution in [0.5, 0.6) is 5.75 Å². The fourth-order valence-corrected chi connectivity index (χ4v) is 3.25. The highest BCUT2D eigenvalue weighted by Crippen LogP contribution is 2.26. The lowest BCUT2D eigenvalue weighted by molar-refractivity contribution is 0.0950. The predicted molar refractivity (Wildman–Crippen MR) is 109 cm³/mol. The topological polar surface area (TPSA) is 64.1 Å². The molecule has 5 nitrogen and oxygen atoms in total. The van der Waals surface area contributed by atoms with Gasteiger partial charge in [0.25, 0.3) is 5.91 Å². The minimum Gasteiger partial charge on any atom is -0.494 e. The zero-order valence-corrected chi connectivity index (χ0v) is 16.3. The lowest BCUT2D eigenvalue weighted by Crippen LogP contribution is -2.22. The molecule has 2 aromatic carbocycles. The summed E-state index contributed by atoms with van der Waals surface area (Å²) in [6, 6.07) is 17.2. The first-order valence-electron chi connectivity index (χ1n) is 8.41. The molecule has 1 N–H and O–H groups in total. The van der Waals surface area contributed by atoms with Crippen LogP contribution in [0.2, 0.25) is 0 Å². The molecule has 0 fully saturated rings. The van der Waals surface area contributed by atoms with E-state index in [1.807, 2.05) is 61.5 Å². The molecule has 0 saturated carbocycles. The van der Waals surface area contributed by atoms with Crippen molar-refractivity contribution in [2.75, 3.05) is 6.61 Å². The van der Waals surface area contributed by atoms with Crippen LogP contribution in [0.25, 0.3) is 11.1 Å². The molecule has 1 heterocycles. The van der Waals surface area contributed by atoms with Crippen LogP contribution in [-0.2, 0) is 6.54 Å². The Morgan fingerprint density at radius 1 is 1.11 bits per heavy atom. The Bertz CT molecular complexity index is 924. The third kappa shape index (κ3) is 5.39. The number of rotatable bonds is 7. The molecule has 0 atom stereocenters. The average Bonchev–Trinajstić information content (AvgIpc) is 3.19. The highest BCUT2D eigenvalue weighted by atomic mass is 35.5. The molecule has 27 heavy (non-hydrogen) atoms. The predicted octanol–water partition coefficient (Wildman–Crippen LogP) is 4.60. The van der Waals surface area contributed by atoms with Gasteiger partial charge in [-0.2, -0.15) is 0 Å². The van der Waals surface area contributed by atoms with E-state index in [-0.39, 0.29) is 10.9 Å². The van der Waals surface area contributed by atoms with Crippen molar-refractivity contribution in [2.45, 2.75) is 13.5 Å². The van der Waals surface area contributed by atoms with Gasteiger partial charge in [-0.15, -0.1) is 10.2 Å². The maximum absolute atomic E-state index is 12.2. The van der Waals surface area contributed by atoms with E-state index in [1.165, 1.54) is 0 Å². The summed E-state index contributed by atoms with van der Waals surface area (Å²) in [5, 5.41) is 12.0. The normalized spacial score (nSPS) is 11.3. The summed E-state index contributed by atoms with van der Waals surface area (Å²) in [4.78, 5) is 12.2. The van der Waals surface area contributed by atoms with Gasteiger partial charge in [-0.3, -0.25) is 4.79 Å². The summed E-state index contributed by atoms with van der Waals surface area (Å²) in [6.45, 7) is 2.99. The summed E-state index contributed by atoms with van der Waals surface area (Å²) in [5.41, 5.74) is 1.93. The van der Waals surface area contributed by atoms with Crippen LogP contribution in [0, 0.1) is 0 Å². The number of hydrogen-bond acceptors (Lipinski definition) is 5. The Hall–Kier alpha value is -2.70. The van der Waals surface area contributed by atoms with Crippen LogP contribution < -0.4 is 10.1 Å². The van der Waals surface area contributed by atoms with E-state index in [0.717, 1.165) is 28.2 Å². The quantitative estimate of drug-likeness (QED) is 0.630. The van der Waals surface area contributed by atoms with Crippen molar-refractivity contribution in [2.24, 2.45) is 0 Å². The monoisotopic (exact) mass is 399 g/mol. The zero-order valence-electron chi connectivity index (χ0n) is 14.7. The van der Waals surface area contributed by atoms with E-state index in [9.17, 15) is 4.79 Å². The number of nitrogens with zero attached hydrogens (tertiary/aromatic N) is 2. The summed E-state index contributed by atoms with van der Waals surface area (Å²) < 4.78 is 5.42. The summed E-state index contributed by atoms with van der Waals surface area (Å²) in [6.07, 6.45) is 1.78. The molecule has 1 aromatic heterocycles. The molecule has 0 saturated heterocycles. The molecule has 7 heteroatoms. The SMILES string of the molecule is CCOc1ccc(/C=C(\Cl)c2nnc(C(=O)NCc3ccccc3)s2)cc1. The lowest BCUT2D eigenvalue weighted by atomic mass is 10.2. The zero-order chi connectivity index (χ0) is 19.1. The number of amides is 1. The van der Waals surface area contributed by atoms with Gasteiger partial charge in [0, 0.05) is 6.54 Å². The molecule has 3 aromatic rings. The molecule has 0 spiro atoms. The number of halogens is 1. The van der Waals surface area contributed by atoms with E-state index in [0.29, 0.717) is 23.2 Å². The van der Waals surface area contributed by atoms with Gasteiger partial charge in [0.1, 0.15) is 5.75 Å². The van der Waals surface area contributed by atoms with Crippen molar-refractivity contribution in [1.82, 2.24) is 15.5 Å². The molecule has 0 aliphatic carbocycles. The molecule has 0 aliphatic heterocycles. The van der Waals surface area contributed by atoms with Gasteiger partial charge in [0.05, 0.1) is 11.6 Å². The van der Waals surface area contributed by atoms with E-state index in [1.54, 1.807) is 6.08 Å². The van der Waals surface area contributed by atoms with Crippen LogP contribution in [0.1, 0.15) is 32.9 Å². The van der Waals surface area contributed by atoms with Crippen LogP contribution >= 0.6 is 22.9 Å². The highest BCUT2D eigenvalue weighted by Gasteiger charge is 2.14. The fraction of sp³-hybridized carbons (Fsp3) is 0.150. The Balaban J connectivity index is 1.64. The maximum Gasteiger partial charge on any atom is 0.282 e. The van der Waals surface area contributed by atoms with Crippen molar-refractivity contribution in [1.29, 1.82) is 0 Å². The van der Waals surface area contributed by atoms with E-state index in [4.69, 9.17) is 16.3 Å². The molecule has 0 bridgehead atoms. The Kier molecular flexibility index (Phi) is 6.57. The Morgan fingerprint density at radius 2 is 1.81 bits per heavy atom. The second kappa shape index (κ2) is 9.30. The standard InChI is InChI=1S/C20H18ClN3O2S/c1-2-26-16-10-8-14(9-11-16)12-17(21)19-23-24-20(27-19)18(25)22-13-15-6-4-3-5-7-15/h3-12H,2,13H2,1H3,(H,22,25)/b17-12-. The first kappa shape index (κ1) is 19.1. The number of carbonyl (C=O) groups is 1. The first-order valence-corrected chi connectivity index (χ1v) is 9.61. The van der Waals surface area contributed by atoms with Gasteiger partial charge in [0.15, 0.2) is 5.01 Å². The molecular weight excluding hydrogens is 382 g/mol. The molecule has 1 amide bonds. The summed E-state index contributed by atoms with van der Waals surface area (Å²) >= 11 is 7.49. The molecule has 0 radical (unpaired) electrons. The number of nitrogens with one attached hydrogen (secondary N) is 1. The summed E-state index contributed by atoms with van der Waals surface area (Å²) in [7, 11) is 0. The molecule has 0 unspecified atom stereocenters. The van der Waals surface area contributed by atoms with Gasteiger partial charge in [-0.05, 0) is 36.3 Å². The number of benzene rings is 2. The van der Waals surface area contributed by atoms with Gasteiger partial charge in [-0.1, -0.05) is 65.4 Å². The minimum absolute atomic E-state index is 0.270. The van der Waals surface area contributed by atoms with Crippen LogP contribution in [-0.4, -0.2) is 22.7 Å². The number of hydrogen-bond donors (Lipinski definition) is 1. The van der Waals surface area contributed by atoms with Gasteiger partial charge < -0.3 is 10.1 Å². The first-order chi connectivity index (χ1) is 13.2. The maximum atomic E-state index is 12.2. The smallest absolute Gasteiger partial charge is 0.282 e. The Labute approximate surface area is 166 Å². The average molecular weight is 400 g/mol. The second-order valence-corrected chi connectivity index (χ2v) is 6.96. The largest absolute Gasteiger partial charge is 0.494 e. The van der Waals surface area contributed by atoms with Gasteiger partial charge >= 0.3 is 0 Å². The van der Waals surface area contributed by atoms with Crippen LogP contribution in [0.3, 0.4) is 0 Å². The number of aromatic nitrogens is 2. The molecule has 3 rings (SSSR count). The van der Waals surface area contributed by atoms with Crippen molar-refractivity contribution < 1.29 is 9.53 Å². The third-order valence-electron chi connectivity index (χ3n) is 3.60. The second-order valence-electron chi connectivity index (χ2n) is 5.57. The van der Waals surface area contributed by atoms with Crippen LogP contribution in [0.4, 0.5) is 0 Å². The van der Waals surface area contributed by atoms with Gasteiger partial charge in [0.2, 0.25) is 5.01 Å². The molecule has 0 aliphatic rings. The van der Waals surface area contributed by atoms with Crippen molar-refractivity contribution in [3.8, 4) is 5.75 Å². The fourth-order valence-electron chi connectivity index (χ4n) is 2.30. The lowest BCUT2D eigenvalue weighted by Gasteiger charge is -2.02. The van der Waals surface area contributed by atoms with Crippen LogP contribution in [0.15, 0.2) is 54.6 Å². The van der Waals surface area contributed by atoms with E-state index >= 15 is 0 Å². The van der Waals surface area contributed by atoms with Crippen molar-refractivity contribution in [3.63, 3.8) is 0 Å².